The zero-order chi connectivity index (χ0) is 14.2. The van der Waals surface area contributed by atoms with Crippen molar-refractivity contribution in [1.29, 1.82) is 0 Å². The van der Waals surface area contributed by atoms with Crippen molar-refractivity contribution >= 4 is 11.6 Å². The molecule has 4 heteroatoms. The molecule has 0 atom stereocenters. The molecule has 0 fully saturated rings. The summed E-state index contributed by atoms with van der Waals surface area (Å²) in [6.45, 7) is 6.91. The third kappa shape index (κ3) is 3.95. The molecule has 0 aliphatic carbocycles. The molecule has 4 nitrogen and oxygen atoms in total. The number of aryl methyl sites for hydroxylation is 1. The molecule has 0 saturated carbocycles. The molecule has 1 aromatic heterocycles. The number of hydrogen-bond donors (Lipinski definition) is 1. The highest BCUT2D eigenvalue weighted by atomic mass is 15.4. The third-order valence-corrected chi connectivity index (χ3v) is 3.08. The smallest absolute Gasteiger partial charge is 0.246 e. The lowest BCUT2D eigenvalue weighted by Gasteiger charge is -2.03. The Labute approximate surface area is 120 Å². The molecule has 106 valence electrons. The fourth-order valence-corrected chi connectivity index (χ4v) is 2.05. The van der Waals surface area contributed by atoms with Crippen LogP contribution in [0.5, 0.6) is 0 Å². The fourth-order valence-electron chi connectivity index (χ4n) is 2.05. The first kappa shape index (κ1) is 14.3. The maximum atomic E-state index is 4.54. The summed E-state index contributed by atoms with van der Waals surface area (Å²) in [4.78, 5) is 4.54. The largest absolute Gasteiger partial charge is 0.323 e. The average Bonchev–Trinajstić information content (AvgIpc) is 2.83. The van der Waals surface area contributed by atoms with Crippen LogP contribution < -0.4 is 5.32 Å². The number of rotatable bonds is 8. The van der Waals surface area contributed by atoms with Crippen molar-refractivity contribution < 1.29 is 0 Å². The lowest BCUT2D eigenvalue weighted by atomic mass is 10.2. The predicted molar refractivity (Wildman–Crippen MR) is 83.2 cm³/mol. The quantitative estimate of drug-likeness (QED) is 0.583. The monoisotopic (exact) mass is 270 g/mol. The van der Waals surface area contributed by atoms with Crippen molar-refractivity contribution in [3.05, 3.63) is 48.8 Å². The van der Waals surface area contributed by atoms with Gasteiger partial charge in [-0.05, 0) is 18.6 Å². The highest BCUT2D eigenvalue weighted by Gasteiger charge is 2.08. The molecule has 0 aliphatic rings. The second-order valence-corrected chi connectivity index (χ2v) is 4.77. The van der Waals surface area contributed by atoms with E-state index in [9.17, 15) is 0 Å². The van der Waals surface area contributed by atoms with E-state index < -0.39 is 0 Å². The Morgan fingerprint density at radius 2 is 2.05 bits per heavy atom. The summed E-state index contributed by atoms with van der Waals surface area (Å²) in [7, 11) is 0. The normalized spacial score (nSPS) is 10.4. The molecule has 1 heterocycles. The Bertz CT molecular complexity index is 531. The van der Waals surface area contributed by atoms with Crippen LogP contribution in [0.15, 0.2) is 43.0 Å². The summed E-state index contributed by atoms with van der Waals surface area (Å²) in [6, 6.07) is 9.98. The highest BCUT2D eigenvalue weighted by molar-refractivity contribution is 5.52. The maximum absolute atomic E-state index is 4.54. The van der Waals surface area contributed by atoms with E-state index in [0.717, 1.165) is 30.9 Å². The van der Waals surface area contributed by atoms with Gasteiger partial charge >= 0.3 is 0 Å². The molecule has 0 spiro atoms. The number of unbranched alkanes of at least 4 members (excludes halogenated alkanes) is 2. The first-order valence-corrected chi connectivity index (χ1v) is 7.20. The van der Waals surface area contributed by atoms with Gasteiger partial charge in [-0.2, -0.15) is 4.98 Å². The number of nitrogens with zero attached hydrogens (tertiary/aromatic N) is 3. The Morgan fingerprint density at radius 1 is 1.25 bits per heavy atom. The standard InChI is InChI=1S/C16H22N4/c1-3-5-9-13-20-15(10-4-2)18-16(19-20)17-14-11-7-6-8-12-14/h4,6-8,11-12H,2-3,5,9-10,13H2,1H3,(H,17,19). The summed E-state index contributed by atoms with van der Waals surface area (Å²) in [5.74, 6) is 1.62. The van der Waals surface area contributed by atoms with Crippen LogP contribution in [0.2, 0.25) is 0 Å². The molecule has 0 saturated heterocycles. The second kappa shape index (κ2) is 7.48. The predicted octanol–water partition coefficient (Wildman–Crippen LogP) is 3.94. The lowest BCUT2D eigenvalue weighted by Crippen LogP contribution is -2.05. The van der Waals surface area contributed by atoms with Crippen molar-refractivity contribution in [1.82, 2.24) is 14.8 Å². The van der Waals surface area contributed by atoms with Gasteiger partial charge in [0.2, 0.25) is 5.95 Å². The summed E-state index contributed by atoms with van der Waals surface area (Å²) < 4.78 is 1.99. The summed E-state index contributed by atoms with van der Waals surface area (Å²) in [6.07, 6.45) is 6.17. The first-order chi connectivity index (χ1) is 9.83. The lowest BCUT2D eigenvalue weighted by molar-refractivity contribution is 0.536. The van der Waals surface area contributed by atoms with Crippen molar-refractivity contribution in [3.8, 4) is 0 Å². The third-order valence-electron chi connectivity index (χ3n) is 3.08. The van der Waals surface area contributed by atoms with Crippen LogP contribution >= 0.6 is 0 Å². The zero-order valence-electron chi connectivity index (χ0n) is 12.0. The molecule has 0 aliphatic heterocycles. The first-order valence-electron chi connectivity index (χ1n) is 7.20. The molecule has 1 aromatic carbocycles. The molecular formula is C16H22N4. The van der Waals surface area contributed by atoms with E-state index in [2.05, 4.69) is 28.9 Å². The van der Waals surface area contributed by atoms with Crippen LogP contribution in [0.4, 0.5) is 11.6 Å². The highest BCUT2D eigenvalue weighted by Crippen LogP contribution is 2.14. The molecule has 1 N–H and O–H groups in total. The fraction of sp³-hybridized carbons (Fsp3) is 0.375. The molecule has 2 aromatic rings. The van der Waals surface area contributed by atoms with Crippen LogP contribution in [0.25, 0.3) is 0 Å². The topological polar surface area (TPSA) is 42.7 Å². The van der Waals surface area contributed by atoms with E-state index in [1.807, 2.05) is 41.1 Å². The van der Waals surface area contributed by atoms with Crippen molar-refractivity contribution in [2.24, 2.45) is 0 Å². The minimum absolute atomic E-state index is 0.657. The van der Waals surface area contributed by atoms with Crippen molar-refractivity contribution in [2.75, 3.05) is 5.32 Å². The molecule has 0 unspecified atom stereocenters. The maximum Gasteiger partial charge on any atom is 0.246 e. The number of hydrogen-bond acceptors (Lipinski definition) is 3. The molecule has 0 radical (unpaired) electrons. The number of anilines is 2. The number of benzene rings is 1. The van der Waals surface area contributed by atoms with Crippen LogP contribution in [0.3, 0.4) is 0 Å². The average molecular weight is 270 g/mol. The van der Waals surface area contributed by atoms with Crippen molar-refractivity contribution in [2.45, 2.75) is 39.2 Å². The van der Waals surface area contributed by atoms with Crippen LogP contribution in [0.1, 0.15) is 32.0 Å². The van der Waals surface area contributed by atoms with Crippen LogP contribution in [-0.4, -0.2) is 14.8 Å². The van der Waals surface area contributed by atoms with Gasteiger partial charge < -0.3 is 5.32 Å². The van der Waals surface area contributed by atoms with Gasteiger partial charge in [0.1, 0.15) is 5.82 Å². The Balaban J connectivity index is 2.09. The van der Waals surface area contributed by atoms with Gasteiger partial charge in [-0.15, -0.1) is 11.7 Å². The number of aromatic nitrogens is 3. The van der Waals surface area contributed by atoms with Crippen LogP contribution in [0, 0.1) is 0 Å². The Morgan fingerprint density at radius 3 is 2.75 bits per heavy atom. The van der Waals surface area contributed by atoms with E-state index in [1.54, 1.807) is 0 Å². The van der Waals surface area contributed by atoms with Gasteiger partial charge in [0, 0.05) is 18.7 Å². The van der Waals surface area contributed by atoms with E-state index in [0.29, 0.717) is 5.95 Å². The van der Waals surface area contributed by atoms with Gasteiger partial charge in [0.25, 0.3) is 0 Å². The Hall–Kier alpha value is -2.10. The summed E-state index contributed by atoms with van der Waals surface area (Å²) in [5.41, 5.74) is 1.00. The number of nitrogens with one attached hydrogen (secondary N) is 1. The van der Waals surface area contributed by atoms with Gasteiger partial charge in [-0.25, -0.2) is 4.68 Å². The molecule has 20 heavy (non-hydrogen) atoms. The molecule has 0 amide bonds. The van der Waals surface area contributed by atoms with Gasteiger partial charge in [-0.1, -0.05) is 44.0 Å². The van der Waals surface area contributed by atoms with E-state index in [1.165, 1.54) is 12.8 Å². The Kier molecular flexibility index (Phi) is 5.35. The second-order valence-electron chi connectivity index (χ2n) is 4.77. The number of allylic oxidation sites excluding steroid dienone is 1. The number of para-hydroxylation sites is 1. The molecular weight excluding hydrogens is 248 g/mol. The van der Waals surface area contributed by atoms with E-state index >= 15 is 0 Å². The molecule has 2 rings (SSSR count). The van der Waals surface area contributed by atoms with Gasteiger partial charge in [-0.3, -0.25) is 0 Å². The minimum atomic E-state index is 0.657. The van der Waals surface area contributed by atoms with Crippen LogP contribution in [-0.2, 0) is 13.0 Å². The zero-order valence-corrected chi connectivity index (χ0v) is 12.0. The SMILES string of the molecule is C=CCc1nc(Nc2ccccc2)nn1CCCCC. The van der Waals surface area contributed by atoms with Gasteiger partial charge in [0.15, 0.2) is 0 Å². The van der Waals surface area contributed by atoms with E-state index in [4.69, 9.17) is 0 Å². The van der Waals surface area contributed by atoms with E-state index in [-0.39, 0.29) is 0 Å². The minimum Gasteiger partial charge on any atom is -0.323 e. The summed E-state index contributed by atoms with van der Waals surface area (Å²) in [5, 5.41) is 7.78. The summed E-state index contributed by atoms with van der Waals surface area (Å²) >= 11 is 0. The molecule has 0 bridgehead atoms. The van der Waals surface area contributed by atoms with Gasteiger partial charge in [0.05, 0.1) is 0 Å². The van der Waals surface area contributed by atoms with Crippen molar-refractivity contribution in [3.63, 3.8) is 0 Å².